The van der Waals surface area contributed by atoms with E-state index in [1.807, 2.05) is 0 Å². The molecule has 1 N–H and O–H groups in total. The van der Waals surface area contributed by atoms with E-state index in [1.54, 1.807) is 0 Å². The van der Waals surface area contributed by atoms with Gasteiger partial charge in [-0.1, -0.05) is 0 Å². The predicted octanol–water partition coefficient (Wildman–Crippen LogP) is 0.114. The molecule has 0 spiro atoms. The number of piperidine rings is 1. The van der Waals surface area contributed by atoms with Gasteiger partial charge in [0.15, 0.2) is 0 Å². The van der Waals surface area contributed by atoms with Crippen LogP contribution in [-0.2, 0) is 9.53 Å². The van der Waals surface area contributed by atoms with Gasteiger partial charge in [-0.2, -0.15) is 0 Å². The summed E-state index contributed by atoms with van der Waals surface area (Å²) in [6.07, 6.45) is 2.02. The van der Waals surface area contributed by atoms with Gasteiger partial charge in [-0.3, -0.25) is 0 Å². The number of likely N-dealkylation sites (tertiary alicyclic amines) is 1. The third-order valence-electron chi connectivity index (χ3n) is 2.84. The molecule has 1 rings (SSSR count). The van der Waals surface area contributed by atoms with Gasteiger partial charge >= 0.3 is 5.97 Å². The van der Waals surface area contributed by atoms with E-state index in [2.05, 4.69) is 23.9 Å². The van der Waals surface area contributed by atoms with Crippen molar-refractivity contribution in [2.24, 2.45) is 0 Å². The Labute approximate surface area is 97.0 Å². The molecule has 1 saturated heterocycles. The Kier molecular flexibility index (Phi) is 5.73. The standard InChI is InChI=1S/C11H22N2O3/c1-12(2)7-8-13-5-3-10(4-6-13)16-9-11(14)15/h10H,3-9H2,1-2H3,(H,14,15). The van der Waals surface area contributed by atoms with Crippen LogP contribution in [0.25, 0.3) is 0 Å². The van der Waals surface area contributed by atoms with Crippen LogP contribution in [0.3, 0.4) is 0 Å². The van der Waals surface area contributed by atoms with Crippen LogP contribution in [0.4, 0.5) is 0 Å². The average Bonchev–Trinajstić information content (AvgIpc) is 2.25. The first kappa shape index (κ1) is 13.4. The SMILES string of the molecule is CN(C)CCN1CCC(OCC(=O)O)CC1. The zero-order valence-corrected chi connectivity index (χ0v) is 10.2. The highest BCUT2D eigenvalue weighted by Crippen LogP contribution is 2.13. The fraction of sp³-hybridized carbons (Fsp3) is 0.909. The Balaban J connectivity index is 2.11. The van der Waals surface area contributed by atoms with Gasteiger partial charge in [0.2, 0.25) is 0 Å². The molecule has 94 valence electrons. The van der Waals surface area contributed by atoms with Gasteiger partial charge in [0.05, 0.1) is 6.10 Å². The Hall–Kier alpha value is -0.650. The summed E-state index contributed by atoms with van der Waals surface area (Å²) < 4.78 is 5.28. The number of hydrogen-bond acceptors (Lipinski definition) is 4. The first-order valence-electron chi connectivity index (χ1n) is 5.78. The molecule has 0 bridgehead atoms. The molecule has 1 aliphatic heterocycles. The third-order valence-corrected chi connectivity index (χ3v) is 2.84. The second kappa shape index (κ2) is 6.83. The number of hydrogen-bond donors (Lipinski definition) is 1. The Morgan fingerprint density at radius 1 is 1.44 bits per heavy atom. The number of likely N-dealkylation sites (N-methyl/N-ethyl adjacent to an activating group) is 1. The van der Waals surface area contributed by atoms with E-state index in [9.17, 15) is 4.79 Å². The second-order valence-electron chi connectivity index (χ2n) is 4.55. The quantitative estimate of drug-likeness (QED) is 0.702. The molecular weight excluding hydrogens is 208 g/mol. The summed E-state index contributed by atoms with van der Waals surface area (Å²) in [7, 11) is 4.14. The normalized spacial score (nSPS) is 19.2. The zero-order chi connectivity index (χ0) is 12.0. The molecule has 5 heteroatoms. The van der Waals surface area contributed by atoms with Crippen molar-refractivity contribution in [1.82, 2.24) is 9.80 Å². The van der Waals surface area contributed by atoms with Gasteiger partial charge < -0.3 is 19.6 Å². The Morgan fingerprint density at radius 3 is 2.56 bits per heavy atom. The van der Waals surface area contributed by atoms with Crippen LogP contribution < -0.4 is 0 Å². The lowest BCUT2D eigenvalue weighted by Crippen LogP contribution is -2.40. The average molecular weight is 230 g/mol. The molecule has 0 radical (unpaired) electrons. The number of ether oxygens (including phenoxy) is 1. The van der Waals surface area contributed by atoms with Crippen LogP contribution in [-0.4, -0.2) is 73.9 Å². The van der Waals surface area contributed by atoms with Crippen LogP contribution in [0.1, 0.15) is 12.8 Å². The fourth-order valence-electron chi connectivity index (χ4n) is 1.83. The van der Waals surface area contributed by atoms with E-state index in [1.165, 1.54) is 0 Å². The lowest BCUT2D eigenvalue weighted by atomic mass is 10.1. The first-order valence-corrected chi connectivity index (χ1v) is 5.78. The molecule has 1 heterocycles. The van der Waals surface area contributed by atoms with Crippen molar-refractivity contribution in [3.8, 4) is 0 Å². The topological polar surface area (TPSA) is 53.0 Å². The van der Waals surface area contributed by atoms with Gasteiger partial charge in [-0.05, 0) is 26.9 Å². The highest BCUT2D eigenvalue weighted by atomic mass is 16.5. The van der Waals surface area contributed by atoms with Crippen LogP contribution in [0, 0.1) is 0 Å². The van der Waals surface area contributed by atoms with E-state index in [0.29, 0.717) is 0 Å². The van der Waals surface area contributed by atoms with Crippen molar-refractivity contribution < 1.29 is 14.6 Å². The van der Waals surface area contributed by atoms with E-state index < -0.39 is 5.97 Å². The highest BCUT2D eigenvalue weighted by molar-refractivity contribution is 5.68. The van der Waals surface area contributed by atoms with Crippen LogP contribution in [0.5, 0.6) is 0 Å². The van der Waals surface area contributed by atoms with Crippen LogP contribution >= 0.6 is 0 Å². The molecule has 0 atom stereocenters. The van der Waals surface area contributed by atoms with Crippen molar-refractivity contribution in [3.63, 3.8) is 0 Å². The van der Waals surface area contributed by atoms with Crippen molar-refractivity contribution >= 4 is 5.97 Å². The maximum absolute atomic E-state index is 10.3. The predicted molar refractivity (Wildman–Crippen MR) is 61.6 cm³/mol. The lowest BCUT2D eigenvalue weighted by molar-refractivity contribution is -0.145. The summed E-state index contributed by atoms with van der Waals surface area (Å²) in [6.45, 7) is 4.01. The first-order chi connectivity index (χ1) is 7.58. The molecule has 0 amide bonds. The third kappa shape index (κ3) is 5.44. The van der Waals surface area contributed by atoms with Gasteiger partial charge in [0.1, 0.15) is 6.61 Å². The molecule has 0 unspecified atom stereocenters. The summed E-state index contributed by atoms with van der Waals surface area (Å²) in [5.41, 5.74) is 0. The largest absolute Gasteiger partial charge is 0.480 e. The van der Waals surface area contributed by atoms with Gasteiger partial charge in [0, 0.05) is 26.2 Å². The fourth-order valence-corrected chi connectivity index (χ4v) is 1.83. The van der Waals surface area contributed by atoms with Gasteiger partial charge in [-0.15, -0.1) is 0 Å². The van der Waals surface area contributed by atoms with E-state index in [4.69, 9.17) is 9.84 Å². The number of carboxylic acid groups (broad SMARTS) is 1. The molecular formula is C11H22N2O3. The van der Waals surface area contributed by atoms with Crippen LogP contribution in [0.2, 0.25) is 0 Å². The molecule has 16 heavy (non-hydrogen) atoms. The van der Waals surface area contributed by atoms with Crippen molar-refractivity contribution in [3.05, 3.63) is 0 Å². The Bertz CT molecular complexity index is 213. The molecule has 5 nitrogen and oxygen atoms in total. The van der Waals surface area contributed by atoms with E-state index in [0.717, 1.165) is 39.0 Å². The number of nitrogens with zero attached hydrogens (tertiary/aromatic N) is 2. The minimum absolute atomic E-state index is 0.131. The number of carboxylic acids is 1. The molecule has 0 saturated carbocycles. The maximum atomic E-state index is 10.3. The molecule has 0 aromatic heterocycles. The highest BCUT2D eigenvalue weighted by Gasteiger charge is 2.19. The minimum Gasteiger partial charge on any atom is -0.480 e. The monoisotopic (exact) mass is 230 g/mol. The van der Waals surface area contributed by atoms with E-state index >= 15 is 0 Å². The summed E-state index contributed by atoms with van der Waals surface area (Å²) >= 11 is 0. The zero-order valence-electron chi connectivity index (χ0n) is 10.2. The summed E-state index contributed by atoms with van der Waals surface area (Å²) in [5.74, 6) is -0.880. The molecule has 0 aromatic rings. The number of rotatable bonds is 6. The van der Waals surface area contributed by atoms with Crippen molar-refractivity contribution in [1.29, 1.82) is 0 Å². The van der Waals surface area contributed by atoms with Crippen molar-refractivity contribution in [2.45, 2.75) is 18.9 Å². The van der Waals surface area contributed by atoms with Gasteiger partial charge in [0.25, 0.3) is 0 Å². The molecule has 1 fully saturated rings. The summed E-state index contributed by atoms with van der Waals surface area (Å²) in [4.78, 5) is 14.9. The number of aliphatic carboxylic acids is 1. The minimum atomic E-state index is -0.880. The smallest absolute Gasteiger partial charge is 0.329 e. The van der Waals surface area contributed by atoms with Gasteiger partial charge in [-0.25, -0.2) is 4.79 Å². The second-order valence-corrected chi connectivity index (χ2v) is 4.55. The molecule has 0 aromatic carbocycles. The lowest BCUT2D eigenvalue weighted by Gasteiger charge is -2.32. The summed E-state index contributed by atoms with van der Waals surface area (Å²) in [6, 6.07) is 0. The number of carbonyl (C=O) groups is 1. The molecule has 0 aliphatic carbocycles. The molecule has 1 aliphatic rings. The van der Waals surface area contributed by atoms with Crippen LogP contribution in [0.15, 0.2) is 0 Å². The maximum Gasteiger partial charge on any atom is 0.329 e. The Morgan fingerprint density at radius 2 is 2.06 bits per heavy atom. The van der Waals surface area contributed by atoms with E-state index in [-0.39, 0.29) is 12.7 Å². The van der Waals surface area contributed by atoms with Crippen molar-refractivity contribution in [2.75, 3.05) is 46.9 Å². The summed E-state index contributed by atoms with van der Waals surface area (Å²) in [5, 5.41) is 8.50.